The van der Waals surface area contributed by atoms with Crippen LogP contribution >= 0.6 is 0 Å². The van der Waals surface area contributed by atoms with Crippen molar-refractivity contribution in [3.05, 3.63) is 0 Å². The van der Waals surface area contributed by atoms with Crippen LogP contribution in [0.4, 0.5) is 0 Å². The van der Waals surface area contributed by atoms with Crippen molar-refractivity contribution >= 4 is 5.97 Å². The van der Waals surface area contributed by atoms with Crippen LogP contribution in [0, 0.1) is 22.7 Å². The van der Waals surface area contributed by atoms with Crippen molar-refractivity contribution in [2.75, 3.05) is 19.8 Å². The molecule has 1 heterocycles. The number of carbonyl (C=O) groups excluding carboxylic acids is 1. The Morgan fingerprint density at radius 2 is 2.19 bits per heavy atom. The van der Waals surface area contributed by atoms with E-state index in [0.29, 0.717) is 18.9 Å². The molecule has 0 aromatic heterocycles. The average molecular weight is 225 g/mol. The maximum atomic E-state index is 11.7. The summed E-state index contributed by atoms with van der Waals surface area (Å²) in [7, 11) is 0. The maximum absolute atomic E-state index is 11.7. The molecule has 0 aromatic rings. The number of nitrogens with zero attached hydrogens (tertiary/aromatic N) is 1. The van der Waals surface area contributed by atoms with E-state index in [1.54, 1.807) is 13.8 Å². The first kappa shape index (κ1) is 13.0. The van der Waals surface area contributed by atoms with Gasteiger partial charge in [0, 0.05) is 13.2 Å². The molecule has 90 valence electrons. The summed E-state index contributed by atoms with van der Waals surface area (Å²) in [6.45, 7) is 5.21. The molecule has 0 bridgehead atoms. The number of hydrogen-bond acceptors (Lipinski definition) is 4. The van der Waals surface area contributed by atoms with Crippen LogP contribution < -0.4 is 0 Å². The van der Waals surface area contributed by atoms with Crippen LogP contribution in [0.15, 0.2) is 0 Å². The fourth-order valence-corrected chi connectivity index (χ4v) is 1.99. The minimum Gasteiger partial charge on any atom is -0.465 e. The third kappa shape index (κ3) is 3.21. The van der Waals surface area contributed by atoms with Crippen molar-refractivity contribution in [2.45, 2.75) is 33.1 Å². The molecule has 0 N–H and O–H groups in total. The summed E-state index contributed by atoms with van der Waals surface area (Å²) in [6, 6.07) is 2.09. The minimum atomic E-state index is -1.00. The smallest absolute Gasteiger partial charge is 0.326 e. The number of nitriles is 1. The molecule has 16 heavy (non-hydrogen) atoms. The maximum Gasteiger partial charge on any atom is 0.326 e. The third-order valence-electron chi connectivity index (χ3n) is 3.01. The zero-order chi connectivity index (χ0) is 12.0. The largest absolute Gasteiger partial charge is 0.465 e. The molecule has 0 spiro atoms. The van der Waals surface area contributed by atoms with Gasteiger partial charge in [0.1, 0.15) is 0 Å². The van der Waals surface area contributed by atoms with Crippen LogP contribution in [0.3, 0.4) is 0 Å². The highest BCUT2D eigenvalue weighted by Gasteiger charge is 2.37. The highest BCUT2D eigenvalue weighted by Crippen LogP contribution is 2.31. The van der Waals surface area contributed by atoms with E-state index < -0.39 is 11.4 Å². The summed E-state index contributed by atoms with van der Waals surface area (Å²) in [5.41, 5.74) is -1.00. The van der Waals surface area contributed by atoms with Crippen molar-refractivity contribution in [3.63, 3.8) is 0 Å². The lowest BCUT2D eigenvalue weighted by molar-refractivity contribution is -0.152. The van der Waals surface area contributed by atoms with Gasteiger partial charge in [-0.25, -0.2) is 0 Å². The average Bonchev–Trinajstić information content (AvgIpc) is 2.30. The van der Waals surface area contributed by atoms with Gasteiger partial charge in [-0.2, -0.15) is 5.26 Å². The highest BCUT2D eigenvalue weighted by molar-refractivity contribution is 5.79. The molecule has 1 saturated heterocycles. The van der Waals surface area contributed by atoms with Crippen molar-refractivity contribution in [3.8, 4) is 6.07 Å². The molecule has 1 unspecified atom stereocenters. The zero-order valence-corrected chi connectivity index (χ0v) is 9.99. The second kappa shape index (κ2) is 5.86. The molecule has 0 saturated carbocycles. The molecular formula is C12H19NO3. The zero-order valence-electron chi connectivity index (χ0n) is 9.99. The van der Waals surface area contributed by atoms with E-state index >= 15 is 0 Å². The van der Waals surface area contributed by atoms with Gasteiger partial charge in [-0.3, -0.25) is 4.79 Å². The van der Waals surface area contributed by atoms with E-state index in [0.717, 1.165) is 26.1 Å². The molecular weight excluding hydrogens is 206 g/mol. The summed E-state index contributed by atoms with van der Waals surface area (Å²) >= 11 is 0. The summed E-state index contributed by atoms with van der Waals surface area (Å²) in [5.74, 6) is -0.00759. The normalized spacial score (nSPS) is 20.8. The van der Waals surface area contributed by atoms with Crippen LogP contribution in [-0.2, 0) is 14.3 Å². The second-order valence-corrected chi connectivity index (χ2v) is 4.42. The lowest BCUT2D eigenvalue weighted by Crippen LogP contribution is -2.32. The van der Waals surface area contributed by atoms with Crippen molar-refractivity contribution < 1.29 is 14.3 Å². The Hall–Kier alpha value is -1.08. The first-order valence-corrected chi connectivity index (χ1v) is 5.78. The van der Waals surface area contributed by atoms with Crippen LogP contribution in [-0.4, -0.2) is 25.8 Å². The van der Waals surface area contributed by atoms with Gasteiger partial charge in [0.15, 0.2) is 5.41 Å². The van der Waals surface area contributed by atoms with Gasteiger partial charge in [0.2, 0.25) is 0 Å². The molecule has 0 amide bonds. The first-order valence-electron chi connectivity index (χ1n) is 5.78. The molecule has 4 nitrogen and oxygen atoms in total. The van der Waals surface area contributed by atoms with E-state index in [4.69, 9.17) is 14.7 Å². The molecule has 0 aliphatic carbocycles. The lowest BCUT2D eigenvalue weighted by Gasteiger charge is -2.28. The predicted molar refractivity (Wildman–Crippen MR) is 58.5 cm³/mol. The quantitative estimate of drug-likeness (QED) is 0.685. The second-order valence-electron chi connectivity index (χ2n) is 4.42. The van der Waals surface area contributed by atoms with E-state index in [1.165, 1.54) is 0 Å². The highest BCUT2D eigenvalue weighted by atomic mass is 16.5. The Kier molecular flexibility index (Phi) is 4.75. The molecule has 4 heteroatoms. The van der Waals surface area contributed by atoms with Gasteiger partial charge in [0.25, 0.3) is 0 Å². The van der Waals surface area contributed by atoms with Crippen LogP contribution in [0.1, 0.15) is 33.1 Å². The fraction of sp³-hybridized carbons (Fsp3) is 0.833. The number of rotatable bonds is 4. The van der Waals surface area contributed by atoms with Crippen molar-refractivity contribution in [1.82, 2.24) is 0 Å². The molecule has 0 aromatic carbocycles. The van der Waals surface area contributed by atoms with Crippen LogP contribution in [0.2, 0.25) is 0 Å². The van der Waals surface area contributed by atoms with Gasteiger partial charge in [0.05, 0.1) is 12.7 Å². The van der Waals surface area contributed by atoms with Crippen LogP contribution in [0.25, 0.3) is 0 Å². The van der Waals surface area contributed by atoms with Gasteiger partial charge in [-0.05, 0) is 39.0 Å². The van der Waals surface area contributed by atoms with E-state index in [-0.39, 0.29) is 0 Å². The van der Waals surface area contributed by atoms with Gasteiger partial charge >= 0.3 is 5.97 Å². The Morgan fingerprint density at radius 1 is 1.56 bits per heavy atom. The first-order chi connectivity index (χ1) is 7.62. The number of ether oxygens (including phenoxy) is 2. The molecule has 1 atom stereocenters. The molecule has 1 rings (SSSR count). The standard InChI is InChI=1S/C12H19NO3/c1-3-16-11(14)12(2,9-13)8-10-4-6-15-7-5-10/h10H,3-8H2,1-2H3. The molecule has 1 aliphatic rings. The van der Waals surface area contributed by atoms with Gasteiger partial charge in [-0.1, -0.05) is 0 Å². The third-order valence-corrected chi connectivity index (χ3v) is 3.01. The molecule has 0 radical (unpaired) electrons. The SMILES string of the molecule is CCOC(=O)C(C)(C#N)CC1CCOCC1. The number of carbonyl (C=O) groups is 1. The summed E-state index contributed by atoms with van der Waals surface area (Å²) < 4.78 is 10.2. The Morgan fingerprint density at radius 3 is 2.69 bits per heavy atom. The monoisotopic (exact) mass is 225 g/mol. The predicted octanol–water partition coefficient (Wildman–Crippen LogP) is 1.90. The number of hydrogen-bond donors (Lipinski definition) is 0. The van der Waals surface area contributed by atoms with E-state index in [1.807, 2.05) is 0 Å². The Labute approximate surface area is 96.5 Å². The summed E-state index contributed by atoms with van der Waals surface area (Å²) in [4.78, 5) is 11.7. The molecule has 1 aliphatic heterocycles. The summed E-state index contributed by atoms with van der Waals surface area (Å²) in [6.07, 6.45) is 2.43. The summed E-state index contributed by atoms with van der Waals surface area (Å²) in [5, 5.41) is 9.13. The van der Waals surface area contributed by atoms with Gasteiger partial charge < -0.3 is 9.47 Å². The van der Waals surface area contributed by atoms with E-state index in [9.17, 15) is 4.79 Å². The van der Waals surface area contributed by atoms with Crippen LogP contribution in [0.5, 0.6) is 0 Å². The van der Waals surface area contributed by atoms with Crippen molar-refractivity contribution in [2.24, 2.45) is 11.3 Å². The van der Waals surface area contributed by atoms with Gasteiger partial charge in [-0.15, -0.1) is 0 Å². The lowest BCUT2D eigenvalue weighted by atomic mass is 9.79. The Balaban J connectivity index is 2.58. The minimum absolute atomic E-state index is 0.323. The Bertz CT molecular complexity index is 278. The topological polar surface area (TPSA) is 59.3 Å². The van der Waals surface area contributed by atoms with E-state index in [2.05, 4.69) is 6.07 Å². The van der Waals surface area contributed by atoms with Crippen molar-refractivity contribution in [1.29, 1.82) is 5.26 Å². The number of esters is 1. The fourth-order valence-electron chi connectivity index (χ4n) is 1.99. The molecule has 1 fully saturated rings.